The molecule has 140 valence electrons. The Balaban J connectivity index is 1.58. The molecule has 0 unspecified atom stereocenters. The standard InChI is InChI=1S/C20H15FN4O2S/c1-12-5-7-13(8-6-12)19-24-25-17(26)10-16(23-20(25)28-19)11-22-18(27)14-3-2-4-15(21)9-14/h2-10H,11H2,1H3,(H,22,27). The summed E-state index contributed by atoms with van der Waals surface area (Å²) in [5.41, 5.74) is 2.33. The van der Waals surface area contributed by atoms with E-state index in [2.05, 4.69) is 15.4 Å². The second-order valence-corrected chi connectivity index (χ2v) is 7.20. The number of aromatic nitrogens is 3. The van der Waals surface area contributed by atoms with Crippen molar-refractivity contribution < 1.29 is 9.18 Å². The molecule has 8 heteroatoms. The van der Waals surface area contributed by atoms with Crippen LogP contribution in [0.25, 0.3) is 15.5 Å². The highest BCUT2D eigenvalue weighted by Gasteiger charge is 2.12. The van der Waals surface area contributed by atoms with E-state index in [1.165, 1.54) is 40.1 Å². The number of halogens is 1. The number of carbonyl (C=O) groups is 1. The fourth-order valence-corrected chi connectivity index (χ4v) is 3.59. The van der Waals surface area contributed by atoms with Crippen molar-refractivity contribution >= 4 is 22.2 Å². The van der Waals surface area contributed by atoms with Gasteiger partial charge in [0.1, 0.15) is 10.8 Å². The number of benzene rings is 2. The quantitative estimate of drug-likeness (QED) is 0.577. The van der Waals surface area contributed by atoms with Gasteiger partial charge in [0, 0.05) is 17.2 Å². The van der Waals surface area contributed by atoms with Gasteiger partial charge in [-0.1, -0.05) is 47.2 Å². The summed E-state index contributed by atoms with van der Waals surface area (Å²) in [6.07, 6.45) is 0. The maximum absolute atomic E-state index is 13.2. The van der Waals surface area contributed by atoms with Crippen LogP contribution in [-0.4, -0.2) is 20.5 Å². The van der Waals surface area contributed by atoms with Crippen molar-refractivity contribution in [3.63, 3.8) is 0 Å². The Morgan fingerprint density at radius 1 is 1.18 bits per heavy atom. The van der Waals surface area contributed by atoms with E-state index in [-0.39, 0.29) is 17.7 Å². The minimum atomic E-state index is -0.487. The number of rotatable bonds is 4. The Kier molecular flexibility index (Phi) is 4.70. The SMILES string of the molecule is Cc1ccc(-c2nn3c(=O)cc(CNC(=O)c4cccc(F)c4)nc3s2)cc1. The van der Waals surface area contributed by atoms with Gasteiger partial charge >= 0.3 is 0 Å². The fraction of sp³-hybridized carbons (Fsp3) is 0.100. The molecule has 0 saturated carbocycles. The summed E-state index contributed by atoms with van der Waals surface area (Å²) >= 11 is 1.30. The van der Waals surface area contributed by atoms with Gasteiger partial charge in [0.15, 0.2) is 0 Å². The number of nitrogens with zero attached hydrogens (tertiary/aromatic N) is 3. The van der Waals surface area contributed by atoms with Crippen LogP contribution in [0, 0.1) is 12.7 Å². The van der Waals surface area contributed by atoms with Gasteiger partial charge < -0.3 is 5.32 Å². The predicted molar refractivity (Wildman–Crippen MR) is 105 cm³/mol. The first-order chi connectivity index (χ1) is 13.5. The van der Waals surface area contributed by atoms with Gasteiger partial charge in [-0.2, -0.15) is 9.61 Å². The third-order valence-electron chi connectivity index (χ3n) is 4.11. The van der Waals surface area contributed by atoms with E-state index < -0.39 is 11.7 Å². The number of nitrogens with one attached hydrogen (secondary N) is 1. The Hall–Kier alpha value is -3.39. The molecule has 0 aliphatic carbocycles. The van der Waals surface area contributed by atoms with Crippen molar-refractivity contribution in [2.24, 2.45) is 0 Å². The average Bonchev–Trinajstić information content (AvgIpc) is 3.11. The highest BCUT2D eigenvalue weighted by Crippen LogP contribution is 2.24. The molecule has 2 aromatic heterocycles. The van der Waals surface area contributed by atoms with E-state index in [4.69, 9.17) is 0 Å². The Morgan fingerprint density at radius 2 is 1.96 bits per heavy atom. The molecule has 0 saturated heterocycles. The molecule has 0 atom stereocenters. The number of carbonyl (C=O) groups excluding carboxylic acids is 1. The summed E-state index contributed by atoms with van der Waals surface area (Å²) in [7, 11) is 0. The highest BCUT2D eigenvalue weighted by atomic mass is 32.1. The topological polar surface area (TPSA) is 76.4 Å². The lowest BCUT2D eigenvalue weighted by molar-refractivity contribution is 0.0950. The molecule has 2 heterocycles. The lowest BCUT2D eigenvalue weighted by atomic mass is 10.2. The van der Waals surface area contributed by atoms with Crippen LogP contribution >= 0.6 is 11.3 Å². The number of fused-ring (bicyclic) bond motifs is 1. The molecule has 1 N–H and O–H groups in total. The lowest BCUT2D eigenvalue weighted by Gasteiger charge is -2.04. The average molecular weight is 394 g/mol. The summed E-state index contributed by atoms with van der Waals surface area (Å²) in [5, 5.41) is 7.67. The number of amides is 1. The fourth-order valence-electron chi connectivity index (χ4n) is 2.66. The molecule has 0 aliphatic rings. The van der Waals surface area contributed by atoms with Crippen LogP contribution in [0.1, 0.15) is 21.6 Å². The van der Waals surface area contributed by atoms with E-state index in [0.29, 0.717) is 15.7 Å². The van der Waals surface area contributed by atoms with Gasteiger partial charge in [-0.3, -0.25) is 9.59 Å². The van der Waals surface area contributed by atoms with Crippen LogP contribution in [0.4, 0.5) is 4.39 Å². The molecule has 0 aliphatic heterocycles. The summed E-state index contributed by atoms with van der Waals surface area (Å²) < 4.78 is 14.5. The van der Waals surface area contributed by atoms with Crippen LogP contribution in [0.2, 0.25) is 0 Å². The molecule has 4 aromatic rings. The second-order valence-electron chi connectivity index (χ2n) is 6.25. The molecule has 1 amide bonds. The first-order valence-electron chi connectivity index (χ1n) is 8.50. The maximum Gasteiger partial charge on any atom is 0.275 e. The van der Waals surface area contributed by atoms with Crippen LogP contribution in [-0.2, 0) is 6.54 Å². The van der Waals surface area contributed by atoms with Crippen molar-refractivity contribution in [1.29, 1.82) is 0 Å². The van der Waals surface area contributed by atoms with Gasteiger partial charge in [-0.05, 0) is 25.1 Å². The maximum atomic E-state index is 13.2. The smallest absolute Gasteiger partial charge is 0.275 e. The summed E-state index contributed by atoms with van der Waals surface area (Å²) in [5.74, 6) is -0.926. The molecular weight excluding hydrogens is 379 g/mol. The summed E-state index contributed by atoms with van der Waals surface area (Å²) in [4.78, 5) is 29.4. The summed E-state index contributed by atoms with van der Waals surface area (Å²) in [6.45, 7) is 2.05. The minimum Gasteiger partial charge on any atom is -0.346 e. The first-order valence-corrected chi connectivity index (χ1v) is 9.32. The molecule has 0 fully saturated rings. The van der Waals surface area contributed by atoms with E-state index in [1.54, 1.807) is 0 Å². The van der Waals surface area contributed by atoms with Crippen molar-refractivity contribution in [2.75, 3.05) is 0 Å². The Morgan fingerprint density at radius 3 is 2.71 bits per heavy atom. The van der Waals surface area contributed by atoms with Crippen molar-refractivity contribution in [3.8, 4) is 10.6 Å². The number of aryl methyl sites for hydroxylation is 1. The molecule has 2 aromatic carbocycles. The molecule has 0 bridgehead atoms. The highest BCUT2D eigenvalue weighted by molar-refractivity contribution is 7.19. The molecule has 0 radical (unpaired) electrons. The van der Waals surface area contributed by atoms with Crippen LogP contribution < -0.4 is 10.9 Å². The molecule has 4 rings (SSSR count). The second kappa shape index (κ2) is 7.32. The minimum absolute atomic E-state index is 0.0544. The van der Waals surface area contributed by atoms with Gasteiger partial charge in [0.2, 0.25) is 4.96 Å². The van der Waals surface area contributed by atoms with Gasteiger partial charge in [-0.25, -0.2) is 9.37 Å². The molecule has 6 nitrogen and oxygen atoms in total. The first kappa shape index (κ1) is 18.0. The molecule has 28 heavy (non-hydrogen) atoms. The zero-order valence-electron chi connectivity index (χ0n) is 14.8. The van der Waals surface area contributed by atoms with E-state index in [9.17, 15) is 14.0 Å². The van der Waals surface area contributed by atoms with E-state index in [0.717, 1.165) is 17.2 Å². The zero-order valence-corrected chi connectivity index (χ0v) is 15.7. The van der Waals surface area contributed by atoms with E-state index >= 15 is 0 Å². The van der Waals surface area contributed by atoms with Gasteiger partial charge in [-0.15, -0.1) is 0 Å². The monoisotopic (exact) mass is 394 g/mol. The van der Waals surface area contributed by atoms with Crippen molar-refractivity contribution in [1.82, 2.24) is 19.9 Å². The predicted octanol–water partition coefficient (Wildman–Crippen LogP) is 3.20. The van der Waals surface area contributed by atoms with Crippen molar-refractivity contribution in [2.45, 2.75) is 13.5 Å². The number of hydrogen-bond donors (Lipinski definition) is 1. The third kappa shape index (κ3) is 3.67. The number of hydrogen-bond acceptors (Lipinski definition) is 5. The van der Waals surface area contributed by atoms with Crippen LogP contribution in [0.15, 0.2) is 59.4 Å². The third-order valence-corrected chi connectivity index (χ3v) is 5.07. The largest absolute Gasteiger partial charge is 0.346 e. The van der Waals surface area contributed by atoms with Gasteiger partial charge in [0.25, 0.3) is 11.5 Å². The van der Waals surface area contributed by atoms with Crippen LogP contribution in [0.3, 0.4) is 0 Å². The summed E-state index contributed by atoms with van der Waals surface area (Å²) in [6, 6.07) is 14.6. The Bertz CT molecular complexity index is 1230. The normalized spacial score (nSPS) is 10.9. The Labute approximate surface area is 163 Å². The zero-order chi connectivity index (χ0) is 19.7. The molecule has 0 spiro atoms. The van der Waals surface area contributed by atoms with Crippen molar-refractivity contribution in [3.05, 3.63) is 87.6 Å². The molecular formula is C20H15FN4O2S. The lowest BCUT2D eigenvalue weighted by Crippen LogP contribution is -2.25. The van der Waals surface area contributed by atoms with Crippen LogP contribution in [0.5, 0.6) is 0 Å². The van der Waals surface area contributed by atoms with Gasteiger partial charge in [0.05, 0.1) is 12.2 Å². The van der Waals surface area contributed by atoms with E-state index in [1.807, 2.05) is 31.2 Å².